The first-order valence-electron chi connectivity index (χ1n) is 6.88. The van der Waals surface area contributed by atoms with Crippen molar-refractivity contribution in [1.82, 2.24) is 10.6 Å². The number of furan rings is 1. The number of carbonyl (C=O) groups excluding carboxylic acids is 2. The van der Waals surface area contributed by atoms with E-state index in [0.29, 0.717) is 13.0 Å². The molecule has 0 saturated carbocycles. The molecule has 0 aliphatic carbocycles. The van der Waals surface area contributed by atoms with Gasteiger partial charge in [0.05, 0.1) is 12.4 Å². The molecule has 1 aromatic heterocycles. The van der Waals surface area contributed by atoms with Crippen molar-refractivity contribution in [2.24, 2.45) is 0 Å². The molecule has 1 aromatic rings. The van der Waals surface area contributed by atoms with Gasteiger partial charge in [0.15, 0.2) is 5.76 Å². The Balaban J connectivity index is 1.81. The first-order valence-corrected chi connectivity index (χ1v) is 6.88. The quantitative estimate of drug-likeness (QED) is 0.713. The molecule has 3 unspecified atom stereocenters. The summed E-state index contributed by atoms with van der Waals surface area (Å²) < 4.78 is 10.2. The highest BCUT2D eigenvalue weighted by Crippen LogP contribution is 2.24. The Morgan fingerprint density at radius 2 is 2.33 bits per heavy atom. The van der Waals surface area contributed by atoms with Crippen LogP contribution >= 0.6 is 0 Å². The molecule has 1 fully saturated rings. The van der Waals surface area contributed by atoms with Crippen molar-refractivity contribution < 1.29 is 23.8 Å². The van der Waals surface area contributed by atoms with Crippen molar-refractivity contribution in [2.75, 3.05) is 13.2 Å². The van der Waals surface area contributed by atoms with Crippen molar-refractivity contribution in [1.29, 1.82) is 0 Å². The number of ether oxygens (including phenoxy) is 1. The molecule has 3 atom stereocenters. The van der Waals surface area contributed by atoms with E-state index in [9.17, 15) is 14.7 Å². The average Bonchev–Trinajstić information content (AvgIpc) is 3.08. The highest BCUT2D eigenvalue weighted by atomic mass is 16.5. The molecule has 0 aromatic carbocycles. The van der Waals surface area contributed by atoms with Gasteiger partial charge in [-0.1, -0.05) is 0 Å². The van der Waals surface area contributed by atoms with Crippen LogP contribution in [0.2, 0.25) is 0 Å². The third-order valence-corrected chi connectivity index (χ3v) is 3.71. The first kappa shape index (κ1) is 15.5. The zero-order valence-corrected chi connectivity index (χ0v) is 12.1. The van der Waals surface area contributed by atoms with Crippen molar-refractivity contribution in [3.05, 3.63) is 24.2 Å². The predicted molar refractivity (Wildman–Crippen MR) is 73.6 cm³/mol. The van der Waals surface area contributed by atoms with Crippen LogP contribution in [0.15, 0.2) is 22.8 Å². The van der Waals surface area contributed by atoms with E-state index >= 15 is 0 Å². The summed E-state index contributed by atoms with van der Waals surface area (Å²) >= 11 is 0. The number of hydrogen-bond donors (Lipinski definition) is 3. The van der Waals surface area contributed by atoms with Crippen LogP contribution in [0.1, 0.15) is 30.8 Å². The highest BCUT2D eigenvalue weighted by Gasteiger charge is 2.39. The minimum Gasteiger partial charge on any atom is -0.459 e. The molecule has 2 rings (SSSR count). The highest BCUT2D eigenvalue weighted by molar-refractivity contribution is 5.95. The first-order chi connectivity index (χ1) is 9.92. The molecule has 0 spiro atoms. The normalized spacial score (nSPS) is 26.3. The molecule has 1 aliphatic rings. The van der Waals surface area contributed by atoms with Crippen LogP contribution in [0.5, 0.6) is 0 Å². The van der Waals surface area contributed by atoms with E-state index in [-0.39, 0.29) is 24.3 Å². The molecule has 116 valence electrons. The number of nitrogens with one attached hydrogen (secondary N) is 2. The van der Waals surface area contributed by atoms with Gasteiger partial charge in [0, 0.05) is 19.6 Å². The SMILES string of the molecule is CC(NC(=O)c1ccco1)C(=O)NCC1(O)CCOC1C. The zero-order chi connectivity index (χ0) is 15.5. The molecule has 21 heavy (non-hydrogen) atoms. The summed E-state index contributed by atoms with van der Waals surface area (Å²) in [5.74, 6) is -0.688. The molecule has 0 bridgehead atoms. The van der Waals surface area contributed by atoms with Gasteiger partial charge >= 0.3 is 0 Å². The third-order valence-electron chi connectivity index (χ3n) is 3.71. The van der Waals surface area contributed by atoms with Gasteiger partial charge in [-0.3, -0.25) is 9.59 Å². The Morgan fingerprint density at radius 3 is 2.90 bits per heavy atom. The molecular formula is C14H20N2O5. The van der Waals surface area contributed by atoms with Gasteiger partial charge < -0.3 is 24.9 Å². The van der Waals surface area contributed by atoms with Crippen LogP contribution in [-0.2, 0) is 9.53 Å². The van der Waals surface area contributed by atoms with Gasteiger partial charge in [0.1, 0.15) is 11.6 Å². The van der Waals surface area contributed by atoms with Crippen molar-refractivity contribution >= 4 is 11.8 Å². The average molecular weight is 296 g/mol. The summed E-state index contributed by atoms with van der Waals surface area (Å²) in [7, 11) is 0. The lowest BCUT2D eigenvalue weighted by atomic mass is 9.96. The monoisotopic (exact) mass is 296 g/mol. The Hall–Kier alpha value is -1.86. The summed E-state index contributed by atoms with van der Waals surface area (Å²) in [6.07, 6.45) is 1.53. The Bertz CT molecular complexity index is 501. The second kappa shape index (κ2) is 6.28. The number of aliphatic hydroxyl groups is 1. The Kier molecular flexibility index (Phi) is 4.64. The van der Waals surface area contributed by atoms with Crippen molar-refractivity contribution in [3.63, 3.8) is 0 Å². The van der Waals surface area contributed by atoms with E-state index in [4.69, 9.17) is 9.15 Å². The van der Waals surface area contributed by atoms with E-state index in [1.54, 1.807) is 19.9 Å². The lowest BCUT2D eigenvalue weighted by molar-refractivity contribution is -0.124. The second-order valence-corrected chi connectivity index (χ2v) is 5.26. The van der Waals surface area contributed by atoms with Crippen LogP contribution in [0.25, 0.3) is 0 Å². The lowest BCUT2D eigenvalue weighted by Gasteiger charge is -2.26. The number of rotatable bonds is 5. The molecule has 2 amide bonds. The standard InChI is InChI=1S/C14H20N2O5/c1-9(16-13(18)11-4-3-6-21-11)12(17)15-8-14(19)5-7-20-10(14)2/h3-4,6,9-10,19H,5,7-8H2,1-2H3,(H,15,17)(H,16,18). The molecule has 0 radical (unpaired) electrons. The predicted octanol–water partition coefficient (Wildman–Crippen LogP) is 0.0540. The van der Waals surface area contributed by atoms with Gasteiger partial charge in [0.25, 0.3) is 5.91 Å². The van der Waals surface area contributed by atoms with Crippen LogP contribution < -0.4 is 10.6 Å². The van der Waals surface area contributed by atoms with Gasteiger partial charge in [-0.15, -0.1) is 0 Å². The van der Waals surface area contributed by atoms with Gasteiger partial charge in [-0.25, -0.2) is 0 Å². The molecule has 1 aliphatic heterocycles. The fraction of sp³-hybridized carbons (Fsp3) is 0.571. The maximum Gasteiger partial charge on any atom is 0.287 e. The summed E-state index contributed by atoms with van der Waals surface area (Å²) in [6.45, 7) is 3.89. The number of carbonyl (C=O) groups is 2. The van der Waals surface area contributed by atoms with Crippen LogP contribution in [0, 0.1) is 0 Å². The molecular weight excluding hydrogens is 276 g/mol. The minimum absolute atomic E-state index is 0.0912. The molecule has 7 nitrogen and oxygen atoms in total. The largest absolute Gasteiger partial charge is 0.459 e. The summed E-state index contributed by atoms with van der Waals surface area (Å²) in [6, 6.07) is 2.38. The van der Waals surface area contributed by atoms with E-state index in [2.05, 4.69) is 10.6 Å². The molecule has 7 heteroatoms. The smallest absolute Gasteiger partial charge is 0.287 e. The molecule has 1 saturated heterocycles. The van der Waals surface area contributed by atoms with E-state index in [0.717, 1.165) is 0 Å². The van der Waals surface area contributed by atoms with Crippen LogP contribution in [0.4, 0.5) is 0 Å². The third kappa shape index (κ3) is 3.62. The molecule has 3 N–H and O–H groups in total. The van der Waals surface area contributed by atoms with Crippen molar-refractivity contribution in [3.8, 4) is 0 Å². The van der Waals surface area contributed by atoms with Crippen molar-refractivity contribution in [2.45, 2.75) is 38.0 Å². The van der Waals surface area contributed by atoms with Gasteiger partial charge in [-0.2, -0.15) is 0 Å². The topological polar surface area (TPSA) is 101 Å². The van der Waals surface area contributed by atoms with Gasteiger partial charge in [0.2, 0.25) is 5.91 Å². The zero-order valence-electron chi connectivity index (χ0n) is 12.1. The number of amides is 2. The van der Waals surface area contributed by atoms with Crippen LogP contribution in [0.3, 0.4) is 0 Å². The second-order valence-electron chi connectivity index (χ2n) is 5.26. The van der Waals surface area contributed by atoms with Crippen LogP contribution in [-0.4, -0.2) is 47.8 Å². The van der Waals surface area contributed by atoms with E-state index in [1.807, 2.05) is 0 Å². The van der Waals surface area contributed by atoms with E-state index < -0.39 is 17.6 Å². The van der Waals surface area contributed by atoms with Gasteiger partial charge in [-0.05, 0) is 26.0 Å². The minimum atomic E-state index is -1.06. The maximum atomic E-state index is 11.9. The lowest BCUT2D eigenvalue weighted by Crippen LogP contribution is -2.52. The van der Waals surface area contributed by atoms with E-state index in [1.165, 1.54) is 12.3 Å². The summed E-state index contributed by atoms with van der Waals surface area (Å²) in [5, 5.41) is 15.4. The maximum absolute atomic E-state index is 11.9. The summed E-state index contributed by atoms with van der Waals surface area (Å²) in [5.41, 5.74) is -1.06. The fourth-order valence-electron chi connectivity index (χ4n) is 2.14. The number of hydrogen-bond acceptors (Lipinski definition) is 5. The fourth-order valence-corrected chi connectivity index (χ4v) is 2.14. The Morgan fingerprint density at radius 1 is 1.57 bits per heavy atom. The molecule has 2 heterocycles. The summed E-state index contributed by atoms with van der Waals surface area (Å²) in [4.78, 5) is 23.7. The Labute approximate surface area is 122 Å².